The lowest BCUT2D eigenvalue weighted by atomic mass is 10.0. The molecule has 2 aromatic carbocycles. The van der Waals surface area contributed by atoms with Gasteiger partial charge in [0.05, 0.1) is 0 Å². The SMILES string of the molecule is CN(C)c1ccc(C(=O)NCc2ccccc2CN2CCCCC2)cc1. The van der Waals surface area contributed by atoms with Crippen LogP contribution < -0.4 is 10.2 Å². The van der Waals surface area contributed by atoms with Gasteiger partial charge in [-0.15, -0.1) is 0 Å². The van der Waals surface area contributed by atoms with Crippen LogP contribution in [0.15, 0.2) is 48.5 Å². The van der Waals surface area contributed by atoms with E-state index in [1.807, 2.05) is 49.3 Å². The standard InChI is InChI=1S/C22H29N3O/c1-24(2)21-12-10-18(11-13-21)22(26)23-16-19-8-4-5-9-20(19)17-25-14-6-3-7-15-25/h4-5,8-13H,3,6-7,14-17H2,1-2H3,(H,23,26). The maximum atomic E-state index is 12.5. The molecule has 0 spiro atoms. The largest absolute Gasteiger partial charge is 0.378 e. The number of rotatable bonds is 6. The lowest BCUT2D eigenvalue weighted by molar-refractivity contribution is 0.0950. The fraction of sp³-hybridized carbons (Fsp3) is 0.409. The molecule has 1 heterocycles. The van der Waals surface area contributed by atoms with Gasteiger partial charge in [0.1, 0.15) is 0 Å². The number of carbonyl (C=O) groups is 1. The highest BCUT2D eigenvalue weighted by atomic mass is 16.1. The van der Waals surface area contributed by atoms with Crippen molar-refractivity contribution < 1.29 is 4.79 Å². The van der Waals surface area contributed by atoms with Crippen molar-refractivity contribution >= 4 is 11.6 Å². The summed E-state index contributed by atoms with van der Waals surface area (Å²) in [6.07, 6.45) is 3.94. The van der Waals surface area contributed by atoms with Crippen molar-refractivity contribution in [1.82, 2.24) is 10.2 Å². The van der Waals surface area contributed by atoms with Crippen LogP contribution in [0.4, 0.5) is 5.69 Å². The Balaban J connectivity index is 1.61. The van der Waals surface area contributed by atoms with Gasteiger partial charge >= 0.3 is 0 Å². The van der Waals surface area contributed by atoms with Crippen LogP contribution >= 0.6 is 0 Å². The molecule has 0 unspecified atom stereocenters. The number of piperidine rings is 1. The van der Waals surface area contributed by atoms with Crippen molar-refractivity contribution in [3.63, 3.8) is 0 Å². The molecule has 4 heteroatoms. The van der Waals surface area contributed by atoms with Gasteiger partial charge < -0.3 is 10.2 Å². The van der Waals surface area contributed by atoms with Gasteiger partial charge in [-0.2, -0.15) is 0 Å². The summed E-state index contributed by atoms with van der Waals surface area (Å²) >= 11 is 0. The van der Waals surface area contributed by atoms with E-state index in [-0.39, 0.29) is 5.91 Å². The first-order chi connectivity index (χ1) is 12.6. The van der Waals surface area contributed by atoms with E-state index in [2.05, 4.69) is 28.4 Å². The van der Waals surface area contributed by atoms with Crippen LogP contribution in [0.2, 0.25) is 0 Å². The van der Waals surface area contributed by atoms with Gasteiger partial charge in [-0.05, 0) is 61.3 Å². The van der Waals surface area contributed by atoms with E-state index < -0.39 is 0 Å². The number of nitrogens with zero attached hydrogens (tertiary/aromatic N) is 2. The Kier molecular flexibility index (Phi) is 6.29. The predicted octanol–water partition coefficient (Wildman–Crippen LogP) is 3.67. The fourth-order valence-corrected chi connectivity index (χ4v) is 3.43. The van der Waals surface area contributed by atoms with Crippen LogP contribution in [-0.4, -0.2) is 38.0 Å². The number of nitrogens with one attached hydrogen (secondary N) is 1. The number of amides is 1. The van der Waals surface area contributed by atoms with Crippen LogP contribution in [-0.2, 0) is 13.1 Å². The number of benzene rings is 2. The molecular weight excluding hydrogens is 322 g/mol. The molecule has 1 aliphatic heterocycles. The van der Waals surface area contributed by atoms with E-state index in [1.54, 1.807) is 0 Å². The second kappa shape index (κ2) is 8.86. The van der Waals surface area contributed by atoms with Gasteiger partial charge in [0.2, 0.25) is 0 Å². The summed E-state index contributed by atoms with van der Waals surface area (Å²) in [5.74, 6) is -0.0249. The molecule has 2 aromatic rings. The van der Waals surface area contributed by atoms with Crippen LogP contribution in [0.25, 0.3) is 0 Å². The van der Waals surface area contributed by atoms with Crippen LogP contribution in [0.1, 0.15) is 40.7 Å². The molecule has 1 amide bonds. The van der Waals surface area contributed by atoms with Gasteiger partial charge in [0, 0.05) is 38.4 Å². The van der Waals surface area contributed by atoms with E-state index in [9.17, 15) is 4.79 Å². The highest BCUT2D eigenvalue weighted by molar-refractivity contribution is 5.94. The maximum absolute atomic E-state index is 12.5. The molecule has 0 saturated carbocycles. The first kappa shape index (κ1) is 18.5. The maximum Gasteiger partial charge on any atom is 0.251 e. The topological polar surface area (TPSA) is 35.6 Å². The summed E-state index contributed by atoms with van der Waals surface area (Å²) in [7, 11) is 3.99. The minimum absolute atomic E-state index is 0.0249. The zero-order valence-electron chi connectivity index (χ0n) is 15.9. The first-order valence-electron chi connectivity index (χ1n) is 9.48. The van der Waals surface area contributed by atoms with Crippen LogP contribution in [0.5, 0.6) is 0 Å². The highest BCUT2D eigenvalue weighted by Gasteiger charge is 2.13. The molecule has 0 radical (unpaired) electrons. The zero-order chi connectivity index (χ0) is 18.4. The van der Waals surface area contributed by atoms with Crippen molar-refractivity contribution in [2.75, 3.05) is 32.1 Å². The smallest absolute Gasteiger partial charge is 0.251 e. The highest BCUT2D eigenvalue weighted by Crippen LogP contribution is 2.17. The molecule has 1 saturated heterocycles. The summed E-state index contributed by atoms with van der Waals surface area (Å²) < 4.78 is 0. The monoisotopic (exact) mass is 351 g/mol. The summed E-state index contributed by atoms with van der Waals surface area (Å²) in [6.45, 7) is 3.90. The van der Waals surface area contributed by atoms with Gasteiger partial charge in [0.25, 0.3) is 5.91 Å². The van der Waals surface area contributed by atoms with Gasteiger partial charge in [-0.3, -0.25) is 9.69 Å². The number of hydrogen-bond acceptors (Lipinski definition) is 3. The van der Waals surface area contributed by atoms with E-state index in [4.69, 9.17) is 0 Å². The summed E-state index contributed by atoms with van der Waals surface area (Å²) in [5, 5.41) is 3.07. The summed E-state index contributed by atoms with van der Waals surface area (Å²) in [4.78, 5) is 17.0. The molecule has 0 aliphatic carbocycles. The fourth-order valence-electron chi connectivity index (χ4n) is 3.43. The average Bonchev–Trinajstić information content (AvgIpc) is 2.68. The number of likely N-dealkylation sites (tertiary alicyclic amines) is 1. The molecule has 1 fully saturated rings. The normalized spacial score (nSPS) is 14.8. The lowest BCUT2D eigenvalue weighted by Crippen LogP contribution is -2.30. The van der Waals surface area contributed by atoms with Crippen molar-refractivity contribution in [3.05, 3.63) is 65.2 Å². The van der Waals surface area contributed by atoms with E-state index in [0.717, 1.165) is 12.2 Å². The minimum Gasteiger partial charge on any atom is -0.378 e. The molecule has 0 aromatic heterocycles. The average molecular weight is 351 g/mol. The lowest BCUT2D eigenvalue weighted by Gasteiger charge is -2.27. The summed E-state index contributed by atoms with van der Waals surface area (Å²) in [6, 6.07) is 16.1. The summed E-state index contributed by atoms with van der Waals surface area (Å²) in [5.41, 5.74) is 4.31. The first-order valence-corrected chi connectivity index (χ1v) is 9.48. The second-order valence-electron chi connectivity index (χ2n) is 7.23. The van der Waals surface area contributed by atoms with Gasteiger partial charge in [-0.1, -0.05) is 30.7 Å². The number of hydrogen-bond donors (Lipinski definition) is 1. The Bertz CT molecular complexity index is 718. The Labute approximate surface area is 156 Å². The molecular formula is C22H29N3O. The molecule has 1 aliphatic rings. The molecule has 3 rings (SSSR count). The number of carbonyl (C=O) groups excluding carboxylic acids is 1. The Morgan fingerprint density at radius 2 is 1.62 bits per heavy atom. The second-order valence-corrected chi connectivity index (χ2v) is 7.23. The van der Waals surface area contributed by atoms with E-state index in [0.29, 0.717) is 12.1 Å². The Morgan fingerprint density at radius 1 is 0.962 bits per heavy atom. The van der Waals surface area contributed by atoms with Crippen LogP contribution in [0, 0.1) is 0 Å². The molecule has 138 valence electrons. The molecule has 0 atom stereocenters. The molecule has 0 bridgehead atoms. The zero-order valence-corrected chi connectivity index (χ0v) is 15.9. The van der Waals surface area contributed by atoms with Crippen LogP contribution in [0.3, 0.4) is 0 Å². The molecule has 1 N–H and O–H groups in total. The third kappa shape index (κ3) is 4.85. The van der Waals surface area contributed by atoms with Crippen molar-refractivity contribution in [2.24, 2.45) is 0 Å². The van der Waals surface area contributed by atoms with Gasteiger partial charge in [-0.25, -0.2) is 0 Å². The van der Waals surface area contributed by atoms with Gasteiger partial charge in [0.15, 0.2) is 0 Å². The number of anilines is 1. The minimum atomic E-state index is -0.0249. The predicted molar refractivity (Wildman–Crippen MR) is 108 cm³/mol. The third-order valence-electron chi connectivity index (χ3n) is 5.05. The van der Waals surface area contributed by atoms with E-state index in [1.165, 1.54) is 43.5 Å². The molecule has 4 nitrogen and oxygen atoms in total. The van der Waals surface area contributed by atoms with Crippen molar-refractivity contribution in [1.29, 1.82) is 0 Å². The molecule has 26 heavy (non-hydrogen) atoms. The van der Waals surface area contributed by atoms with Crippen molar-refractivity contribution in [2.45, 2.75) is 32.4 Å². The van der Waals surface area contributed by atoms with E-state index >= 15 is 0 Å². The third-order valence-corrected chi connectivity index (χ3v) is 5.05. The van der Waals surface area contributed by atoms with Crippen molar-refractivity contribution in [3.8, 4) is 0 Å². The Morgan fingerprint density at radius 3 is 2.27 bits per heavy atom. The Hall–Kier alpha value is -2.33. The quantitative estimate of drug-likeness (QED) is 0.862.